The molecule has 0 atom stereocenters. The first-order chi connectivity index (χ1) is 12.7. The quantitative estimate of drug-likeness (QED) is 0.410. The summed E-state index contributed by atoms with van der Waals surface area (Å²) in [7, 11) is -2.75. The molecule has 11 heteroatoms. The van der Waals surface area contributed by atoms with Gasteiger partial charge in [0, 0.05) is 23.4 Å². The van der Waals surface area contributed by atoms with Gasteiger partial charge in [-0.05, 0) is 36.4 Å². The van der Waals surface area contributed by atoms with Crippen LogP contribution in [0.3, 0.4) is 0 Å². The van der Waals surface area contributed by atoms with Crippen molar-refractivity contribution in [2.45, 2.75) is 4.90 Å². The molecule has 142 valence electrons. The first-order valence-corrected chi connectivity index (χ1v) is 8.93. The Labute approximate surface area is 154 Å². The number of benzene rings is 2. The van der Waals surface area contributed by atoms with Gasteiger partial charge >= 0.3 is 5.97 Å². The standard InChI is InChI=1S/C16H15N3O7S/c1-26-15(20)10-17-16(21)11-2-4-12(5-3-11)18-27(24,25)14-8-6-13(7-9-14)19(22)23/h2-9,18H,10H2,1H3,(H,17,21). The number of amides is 1. The van der Waals surface area contributed by atoms with Crippen LogP contribution in [0.15, 0.2) is 53.4 Å². The van der Waals surface area contributed by atoms with Gasteiger partial charge in [-0.3, -0.25) is 24.4 Å². The molecule has 2 aromatic rings. The van der Waals surface area contributed by atoms with Gasteiger partial charge in [0.15, 0.2) is 0 Å². The first kappa shape index (κ1) is 19.8. The van der Waals surface area contributed by atoms with Gasteiger partial charge in [0.1, 0.15) is 6.54 Å². The van der Waals surface area contributed by atoms with Crippen LogP contribution in [-0.2, 0) is 19.6 Å². The summed E-state index contributed by atoms with van der Waals surface area (Å²) in [5, 5.41) is 13.0. The maximum absolute atomic E-state index is 12.3. The Morgan fingerprint density at radius 1 is 1.07 bits per heavy atom. The SMILES string of the molecule is COC(=O)CNC(=O)c1ccc(NS(=O)(=O)c2ccc([N+](=O)[O-])cc2)cc1. The highest BCUT2D eigenvalue weighted by atomic mass is 32.2. The Morgan fingerprint density at radius 2 is 1.67 bits per heavy atom. The van der Waals surface area contributed by atoms with E-state index < -0.39 is 26.8 Å². The number of sulfonamides is 1. The van der Waals surface area contributed by atoms with Gasteiger partial charge in [-0.25, -0.2) is 8.42 Å². The Morgan fingerprint density at radius 3 is 2.19 bits per heavy atom. The number of carbonyl (C=O) groups excluding carboxylic acids is 2. The number of ether oxygens (including phenoxy) is 1. The summed E-state index contributed by atoms with van der Waals surface area (Å²) >= 11 is 0. The van der Waals surface area contributed by atoms with Gasteiger partial charge in [0.25, 0.3) is 21.6 Å². The van der Waals surface area contributed by atoms with Crippen LogP contribution in [0.25, 0.3) is 0 Å². The Bertz CT molecular complexity index is 955. The lowest BCUT2D eigenvalue weighted by atomic mass is 10.2. The van der Waals surface area contributed by atoms with Gasteiger partial charge in [-0.15, -0.1) is 0 Å². The molecule has 2 N–H and O–H groups in total. The number of rotatable bonds is 7. The van der Waals surface area contributed by atoms with E-state index in [1.54, 1.807) is 0 Å². The molecule has 0 bridgehead atoms. The fourth-order valence-electron chi connectivity index (χ4n) is 1.98. The third-order valence-electron chi connectivity index (χ3n) is 3.38. The van der Waals surface area contributed by atoms with Crippen molar-refractivity contribution >= 4 is 33.3 Å². The summed E-state index contributed by atoms with van der Waals surface area (Å²) in [4.78, 5) is 32.7. The summed E-state index contributed by atoms with van der Waals surface area (Å²) in [6, 6.07) is 9.91. The predicted molar refractivity (Wildman–Crippen MR) is 94.7 cm³/mol. The predicted octanol–water partition coefficient (Wildman–Crippen LogP) is 1.30. The van der Waals surface area contributed by atoms with Crippen molar-refractivity contribution in [3.8, 4) is 0 Å². The maximum atomic E-state index is 12.3. The molecule has 0 spiro atoms. The third kappa shape index (κ3) is 5.25. The van der Waals surface area contributed by atoms with Gasteiger partial charge in [0.2, 0.25) is 0 Å². The number of carbonyl (C=O) groups is 2. The topological polar surface area (TPSA) is 145 Å². The highest BCUT2D eigenvalue weighted by Gasteiger charge is 2.16. The molecule has 0 saturated heterocycles. The van der Waals surface area contributed by atoms with Crippen LogP contribution in [0.1, 0.15) is 10.4 Å². The van der Waals surface area contributed by atoms with E-state index in [4.69, 9.17) is 0 Å². The second-order valence-corrected chi connectivity index (χ2v) is 6.88. The summed E-state index contributed by atoms with van der Waals surface area (Å²) in [5.74, 6) is -1.12. The smallest absolute Gasteiger partial charge is 0.325 e. The molecule has 0 aliphatic rings. The molecule has 2 rings (SSSR count). The van der Waals surface area contributed by atoms with Gasteiger partial charge < -0.3 is 10.1 Å². The lowest BCUT2D eigenvalue weighted by Gasteiger charge is -2.09. The number of hydrogen-bond donors (Lipinski definition) is 2. The molecule has 0 saturated carbocycles. The number of nitro groups is 1. The number of hydrogen-bond acceptors (Lipinski definition) is 7. The van der Waals surface area contributed by atoms with Gasteiger partial charge in [0.05, 0.1) is 16.9 Å². The lowest BCUT2D eigenvalue weighted by Crippen LogP contribution is -2.30. The minimum absolute atomic E-state index is 0.145. The zero-order valence-electron chi connectivity index (χ0n) is 14.0. The summed E-state index contributed by atoms with van der Waals surface area (Å²) in [6.07, 6.45) is 0. The molecule has 0 aromatic heterocycles. The van der Waals surface area contributed by atoms with Crippen LogP contribution in [0, 0.1) is 10.1 Å². The molecule has 10 nitrogen and oxygen atoms in total. The zero-order valence-corrected chi connectivity index (χ0v) is 14.9. The van der Waals surface area contributed by atoms with Crippen LogP contribution in [0.5, 0.6) is 0 Å². The zero-order chi connectivity index (χ0) is 20.0. The van der Waals surface area contributed by atoms with E-state index in [0.717, 1.165) is 24.3 Å². The number of nitro benzene ring substituents is 1. The second-order valence-electron chi connectivity index (χ2n) is 5.19. The van der Waals surface area contributed by atoms with Crippen molar-refractivity contribution in [3.63, 3.8) is 0 Å². The number of non-ortho nitro benzene ring substituents is 1. The van der Waals surface area contributed by atoms with Crippen LogP contribution in [0.4, 0.5) is 11.4 Å². The molecule has 2 aromatic carbocycles. The van der Waals surface area contributed by atoms with Crippen molar-refractivity contribution in [1.82, 2.24) is 5.32 Å². The summed E-state index contributed by atoms with van der Waals surface area (Å²) in [5.41, 5.74) is 0.186. The first-order valence-electron chi connectivity index (χ1n) is 7.45. The van der Waals surface area contributed by atoms with Crippen molar-refractivity contribution in [2.24, 2.45) is 0 Å². The fourth-order valence-corrected chi connectivity index (χ4v) is 3.04. The molecular weight excluding hydrogens is 378 g/mol. The largest absolute Gasteiger partial charge is 0.468 e. The molecule has 1 amide bonds. The average molecular weight is 393 g/mol. The molecule has 27 heavy (non-hydrogen) atoms. The number of esters is 1. The normalized spacial score (nSPS) is 10.7. The average Bonchev–Trinajstić information content (AvgIpc) is 2.66. The fraction of sp³-hybridized carbons (Fsp3) is 0.125. The van der Waals surface area contributed by atoms with Gasteiger partial charge in [-0.2, -0.15) is 0 Å². The Balaban J connectivity index is 2.07. The van der Waals surface area contributed by atoms with Crippen molar-refractivity contribution < 1.29 is 27.7 Å². The van der Waals surface area contributed by atoms with Crippen LogP contribution in [-0.4, -0.2) is 38.9 Å². The number of nitrogens with one attached hydrogen (secondary N) is 2. The van der Waals surface area contributed by atoms with E-state index in [-0.39, 0.29) is 28.4 Å². The molecule has 0 unspecified atom stereocenters. The highest BCUT2D eigenvalue weighted by molar-refractivity contribution is 7.92. The van der Waals surface area contributed by atoms with Crippen molar-refractivity contribution in [3.05, 3.63) is 64.2 Å². The van der Waals surface area contributed by atoms with E-state index in [0.29, 0.717) is 0 Å². The van der Waals surface area contributed by atoms with E-state index in [9.17, 15) is 28.1 Å². The highest BCUT2D eigenvalue weighted by Crippen LogP contribution is 2.19. The molecule has 0 radical (unpaired) electrons. The Kier molecular flexibility index (Phi) is 6.08. The minimum Gasteiger partial charge on any atom is -0.468 e. The number of nitrogens with zero attached hydrogens (tertiary/aromatic N) is 1. The van der Waals surface area contributed by atoms with Crippen LogP contribution < -0.4 is 10.0 Å². The van der Waals surface area contributed by atoms with E-state index >= 15 is 0 Å². The molecule has 0 heterocycles. The summed E-state index contributed by atoms with van der Waals surface area (Å²) in [6.45, 7) is -0.288. The lowest BCUT2D eigenvalue weighted by molar-refractivity contribution is -0.384. The van der Waals surface area contributed by atoms with E-state index in [1.165, 1.54) is 31.4 Å². The van der Waals surface area contributed by atoms with Crippen molar-refractivity contribution in [1.29, 1.82) is 0 Å². The van der Waals surface area contributed by atoms with Crippen LogP contribution in [0.2, 0.25) is 0 Å². The number of anilines is 1. The third-order valence-corrected chi connectivity index (χ3v) is 4.78. The molecule has 0 fully saturated rings. The Hall–Kier alpha value is -3.47. The van der Waals surface area contributed by atoms with Crippen molar-refractivity contribution in [2.75, 3.05) is 18.4 Å². The van der Waals surface area contributed by atoms with E-state index in [1.807, 2.05) is 0 Å². The molecule has 0 aliphatic carbocycles. The number of methoxy groups -OCH3 is 1. The maximum Gasteiger partial charge on any atom is 0.325 e. The monoisotopic (exact) mass is 393 g/mol. The minimum atomic E-state index is -3.95. The van der Waals surface area contributed by atoms with E-state index in [2.05, 4.69) is 14.8 Å². The molecule has 0 aliphatic heterocycles. The second kappa shape index (κ2) is 8.27. The van der Waals surface area contributed by atoms with Crippen LogP contribution >= 0.6 is 0 Å². The summed E-state index contributed by atoms with van der Waals surface area (Å²) < 4.78 is 31.3. The van der Waals surface area contributed by atoms with Gasteiger partial charge in [-0.1, -0.05) is 0 Å². The molecular formula is C16H15N3O7S.